The molecule has 17 heavy (non-hydrogen) atoms. The molecular formula is C14H23N3. The largest absolute Gasteiger partial charge is 0.271 e. The molecule has 0 aliphatic heterocycles. The van der Waals surface area contributed by atoms with Crippen molar-refractivity contribution in [2.75, 3.05) is 0 Å². The van der Waals surface area contributed by atoms with Crippen LogP contribution in [0, 0.1) is 5.92 Å². The molecule has 1 aliphatic carbocycles. The van der Waals surface area contributed by atoms with Gasteiger partial charge in [-0.2, -0.15) is 0 Å². The summed E-state index contributed by atoms with van der Waals surface area (Å²) in [6.07, 6.45) is 12.8. The topological polar surface area (TPSA) is 50.9 Å². The van der Waals surface area contributed by atoms with E-state index in [9.17, 15) is 0 Å². The number of aryl methyl sites for hydroxylation is 1. The van der Waals surface area contributed by atoms with E-state index in [-0.39, 0.29) is 0 Å². The normalized spacial score (nSPS) is 18.4. The summed E-state index contributed by atoms with van der Waals surface area (Å²) in [6, 6.07) is 4.59. The van der Waals surface area contributed by atoms with Gasteiger partial charge in [0.05, 0.1) is 0 Å². The molecule has 0 radical (unpaired) electrons. The van der Waals surface area contributed by atoms with Crippen molar-refractivity contribution in [2.45, 2.75) is 51.0 Å². The molecule has 0 bridgehead atoms. The molecule has 0 saturated heterocycles. The highest BCUT2D eigenvalue weighted by Gasteiger charge is 2.19. The summed E-state index contributed by atoms with van der Waals surface area (Å²) in [4.78, 5) is 4.14. The second kappa shape index (κ2) is 6.72. The van der Waals surface area contributed by atoms with Gasteiger partial charge in [-0.05, 0) is 36.8 Å². The van der Waals surface area contributed by atoms with Gasteiger partial charge in [0.15, 0.2) is 0 Å². The summed E-state index contributed by atoms with van der Waals surface area (Å²) in [5.74, 6) is 6.54. The summed E-state index contributed by atoms with van der Waals surface area (Å²) in [5.41, 5.74) is 4.28. The molecule has 1 fully saturated rings. The van der Waals surface area contributed by atoms with Gasteiger partial charge in [-0.15, -0.1) is 0 Å². The Labute approximate surface area is 104 Å². The highest BCUT2D eigenvalue weighted by Crippen LogP contribution is 2.29. The number of nitrogens with one attached hydrogen (secondary N) is 1. The molecule has 3 heteroatoms. The molecule has 2 rings (SSSR count). The fraction of sp³-hybridized carbons (Fsp3) is 0.643. The van der Waals surface area contributed by atoms with Crippen molar-refractivity contribution in [1.82, 2.24) is 10.4 Å². The Bertz CT molecular complexity index is 307. The molecule has 1 unspecified atom stereocenters. The lowest BCUT2D eigenvalue weighted by Gasteiger charge is -2.19. The van der Waals surface area contributed by atoms with Gasteiger partial charge in [0.2, 0.25) is 0 Å². The number of hydrogen-bond donors (Lipinski definition) is 2. The molecule has 94 valence electrons. The van der Waals surface area contributed by atoms with E-state index >= 15 is 0 Å². The first-order valence-corrected chi connectivity index (χ1v) is 6.73. The predicted octanol–water partition coefficient (Wildman–Crippen LogP) is 2.43. The van der Waals surface area contributed by atoms with E-state index in [0.717, 1.165) is 18.8 Å². The lowest BCUT2D eigenvalue weighted by molar-refractivity contribution is 0.375. The van der Waals surface area contributed by atoms with Crippen LogP contribution in [0.15, 0.2) is 24.5 Å². The Morgan fingerprint density at radius 1 is 1.41 bits per heavy atom. The first-order chi connectivity index (χ1) is 8.38. The van der Waals surface area contributed by atoms with Crippen LogP contribution in [-0.4, -0.2) is 11.0 Å². The van der Waals surface area contributed by atoms with Crippen LogP contribution in [0.1, 0.15) is 44.1 Å². The lowest BCUT2D eigenvalue weighted by Crippen LogP contribution is -2.36. The maximum Gasteiger partial charge on any atom is 0.0299 e. The molecular weight excluding hydrogens is 210 g/mol. The molecule has 1 aromatic heterocycles. The van der Waals surface area contributed by atoms with Crippen LogP contribution < -0.4 is 11.3 Å². The summed E-state index contributed by atoms with van der Waals surface area (Å²) in [6.45, 7) is 0. The van der Waals surface area contributed by atoms with Gasteiger partial charge in [-0.25, -0.2) is 0 Å². The summed E-state index contributed by atoms with van der Waals surface area (Å²) < 4.78 is 0. The lowest BCUT2D eigenvalue weighted by atomic mass is 9.95. The summed E-state index contributed by atoms with van der Waals surface area (Å²) >= 11 is 0. The zero-order valence-electron chi connectivity index (χ0n) is 10.4. The molecule has 3 nitrogen and oxygen atoms in total. The Hall–Kier alpha value is -0.930. The Morgan fingerprint density at radius 2 is 2.24 bits per heavy atom. The number of aromatic nitrogens is 1. The van der Waals surface area contributed by atoms with E-state index in [0.29, 0.717) is 6.04 Å². The second-order valence-electron chi connectivity index (χ2n) is 5.15. The van der Waals surface area contributed by atoms with Gasteiger partial charge in [0.1, 0.15) is 0 Å². The number of rotatable bonds is 6. The van der Waals surface area contributed by atoms with Gasteiger partial charge >= 0.3 is 0 Å². The number of hydrazine groups is 1. The first-order valence-electron chi connectivity index (χ1n) is 6.73. The quantitative estimate of drug-likeness (QED) is 0.586. The average molecular weight is 233 g/mol. The molecule has 1 aromatic rings. The van der Waals surface area contributed by atoms with Gasteiger partial charge < -0.3 is 0 Å². The van der Waals surface area contributed by atoms with Gasteiger partial charge in [-0.3, -0.25) is 16.3 Å². The molecule has 3 N–H and O–H groups in total. The zero-order chi connectivity index (χ0) is 11.9. The van der Waals surface area contributed by atoms with E-state index in [1.807, 2.05) is 18.5 Å². The van der Waals surface area contributed by atoms with Crippen molar-refractivity contribution in [1.29, 1.82) is 0 Å². The number of nitrogens with two attached hydrogens (primary N) is 1. The van der Waals surface area contributed by atoms with Crippen molar-refractivity contribution in [3.63, 3.8) is 0 Å². The molecule has 0 amide bonds. The van der Waals surface area contributed by atoms with E-state index in [1.54, 1.807) is 0 Å². The number of pyridine rings is 1. The van der Waals surface area contributed by atoms with E-state index in [4.69, 9.17) is 5.84 Å². The third-order valence-corrected chi connectivity index (χ3v) is 3.83. The van der Waals surface area contributed by atoms with E-state index in [1.165, 1.54) is 37.7 Å². The average Bonchev–Trinajstić information content (AvgIpc) is 2.88. The van der Waals surface area contributed by atoms with Crippen LogP contribution in [0.3, 0.4) is 0 Å². The van der Waals surface area contributed by atoms with Crippen molar-refractivity contribution >= 4 is 0 Å². The van der Waals surface area contributed by atoms with Gasteiger partial charge in [0.25, 0.3) is 0 Å². The third kappa shape index (κ3) is 4.10. The van der Waals surface area contributed by atoms with Crippen molar-refractivity contribution in [3.8, 4) is 0 Å². The summed E-state index contributed by atoms with van der Waals surface area (Å²) in [5, 5.41) is 0. The van der Waals surface area contributed by atoms with Crippen LogP contribution in [0.5, 0.6) is 0 Å². The minimum atomic E-state index is 0.457. The third-order valence-electron chi connectivity index (χ3n) is 3.83. The maximum atomic E-state index is 5.65. The van der Waals surface area contributed by atoms with E-state index in [2.05, 4.69) is 16.5 Å². The van der Waals surface area contributed by atoms with Gasteiger partial charge in [0, 0.05) is 18.4 Å². The van der Waals surface area contributed by atoms with Crippen LogP contribution >= 0.6 is 0 Å². The smallest absolute Gasteiger partial charge is 0.0299 e. The van der Waals surface area contributed by atoms with Crippen molar-refractivity contribution < 1.29 is 0 Å². The molecule has 1 saturated carbocycles. The number of hydrogen-bond acceptors (Lipinski definition) is 3. The minimum absolute atomic E-state index is 0.457. The first kappa shape index (κ1) is 12.5. The number of nitrogens with zero attached hydrogens (tertiary/aromatic N) is 1. The molecule has 1 aliphatic rings. The Kier molecular flexibility index (Phi) is 4.95. The maximum absolute atomic E-state index is 5.65. The molecule has 0 spiro atoms. The highest BCUT2D eigenvalue weighted by molar-refractivity contribution is 5.08. The van der Waals surface area contributed by atoms with Crippen molar-refractivity contribution in [3.05, 3.63) is 30.1 Å². The van der Waals surface area contributed by atoms with Crippen LogP contribution in [-0.2, 0) is 6.42 Å². The summed E-state index contributed by atoms with van der Waals surface area (Å²) in [7, 11) is 0. The molecule has 0 aromatic carbocycles. The Balaban J connectivity index is 1.75. The molecule has 1 atom stereocenters. The SMILES string of the molecule is NNC(CCc1cccnc1)CC1CCCC1. The minimum Gasteiger partial charge on any atom is -0.271 e. The fourth-order valence-electron chi connectivity index (χ4n) is 2.80. The van der Waals surface area contributed by atoms with Crippen LogP contribution in [0.4, 0.5) is 0 Å². The van der Waals surface area contributed by atoms with Crippen molar-refractivity contribution in [2.24, 2.45) is 11.8 Å². The highest BCUT2D eigenvalue weighted by atomic mass is 15.2. The van der Waals surface area contributed by atoms with E-state index < -0.39 is 0 Å². The van der Waals surface area contributed by atoms with Crippen LogP contribution in [0.2, 0.25) is 0 Å². The zero-order valence-corrected chi connectivity index (χ0v) is 10.4. The predicted molar refractivity (Wildman–Crippen MR) is 70.2 cm³/mol. The monoisotopic (exact) mass is 233 g/mol. The Morgan fingerprint density at radius 3 is 2.88 bits per heavy atom. The van der Waals surface area contributed by atoms with Gasteiger partial charge in [-0.1, -0.05) is 31.7 Å². The molecule has 1 heterocycles. The standard InChI is InChI=1S/C14H23N3/c15-17-14(10-12-4-1-2-5-12)8-7-13-6-3-9-16-11-13/h3,6,9,11-12,14,17H,1-2,4-5,7-8,10,15H2. The van der Waals surface area contributed by atoms with Crippen LogP contribution in [0.25, 0.3) is 0 Å². The second-order valence-corrected chi connectivity index (χ2v) is 5.15. The fourth-order valence-corrected chi connectivity index (χ4v) is 2.80.